The molecule has 26 heavy (non-hydrogen) atoms. The number of aryl methyl sites for hydroxylation is 2. The first-order valence-electron chi connectivity index (χ1n) is 8.41. The zero-order valence-corrected chi connectivity index (χ0v) is 15.2. The van der Waals surface area contributed by atoms with E-state index in [-0.39, 0.29) is 29.2 Å². The van der Waals surface area contributed by atoms with Gasteiger partial charge in [0, 0.05) is 0 Å². The quantitative estimate of drug-likeness (QED) is 0.740. The molecule has 1 aromatic carbocycles. The third-order valence-corrected chi connectivity index (χ3v) is 4.62. The summed E-state index contributed by atoms with van der Waals surface area (Å²) in [6.07, 6.45) is 0.195. The van der Waals surface area contributed by atoms with Crippen LogP contribution in [0.4, 0.5) is 0 Å². The number of carbonyl (C=O) groups excluding carboxylic acids is 2. The summed E-state index contributed by atoms with van der Waals surface area (Å²) >= 11 is 0. The van der Waals surface area contributed by atoms with E-state index >= 15 is 0 Å². The number of amides is 1. The first-order valence-corrected chi connectivity index (χ1v) is 8.41. The summed E-state index contributed by atoms with van der Waals surface area (Å²) < 4.78 is 5.23. The minimum atomic E-state index is -1.37. The van der Waals surface area contributed by atoms with Crippen LogP contribution in [0.5, 0.6) is 5.75 Å². The maximum atomic E-state index is 12.3. The summed E-state index contributed by atoms with van der Waals surface area (Å²) in [5.41, 5.74) is 0.784. The van der Waals surface area contributed by atoms with E-state index in [9.17, 15) is 24.6 Å². The Labute approximate surface area is 150 Å². The molecule has 140 valence electrons. The molecule has 0 fully saturated rings. The average molecular weight is 360 g/mol. The lowest BCUT2D eigenvalue weighted by atomic mass is 9.98. The second-order valence-electron chi connectivity index (χ2n) is 6.58. The molecule has 2 rings (SSSR count). The number of aromatic hydroxyl groups is 1. The van der Waals surface area contributed by atoms with Gasteiger partial charge in [-0.1, -0.05) is 20.3 Å². The Morgan fingerprint density at radius 1 is 1.31 bits per heavy atom. The maximum absolute atomic E-state index is 12.3. The molecule has 2 aromatic rings. The predicted octanol–water partition coefficient (Wildman–Crippen LogP) is 0.939. The highest BCUT2D eigenvalue weighted by atomic mass is 16.4. The number of carboxylic acids is 1. The fraction of sp³-hybridized carbons (Fsp3) is 0.421. The van der Waals surface area contributed by atoms with Crippen LogP contribution >= 0.6 is 0 Å². The van der Waals surface area contributed by atoms with E-state index in [0.717, 1.165) is 5.56 Å². The lowest BCUT2D eigenvalue weighted by Crippen LogP contribution is -2.51. The van der Waals surface area contributed by atoms with Gasteiger partial charge in [-0.2, -0.15) is 0 Å². The smallest absolute Gasteiger partial charge is 0.340 e. The van der Waals surface area contributed by atoms with Gasteiger partial charge >= 0.3 is 5.63 Å². The van der Waals surface area contributed by atoms with Crippen LogP contribution in [0.1, 0.15) is 37.0 Å². The number of hydrogen-bond acceptors (Lipinski definition) is 6. The molecule has 7 heteroatoms. The highest BCUT2D eigenvalue weighted by molar-refractivity contribution is 5.90. The van der Waals surface area contributed by atoms with E-state index in [1.54, 1.807) is 33.8 Å². The molecule has 0 aliphatic heterocycles. The molecule has 1 heterocycles. The standard InChI is InChI=1S/C19H23NO6/c1-5-10(3)17(18(23)24)20-15(22)8-12-11(4)16-13(21)6-9(2)7-14(16)26-19(12)25/h6-7,10,17,21H,5,8H2,1-4H3,(H,20,22)(H,23,24)/p-1/t10-,17+/m1/s1. The Hall–Kier alpha value is -2.83. The molecule has 0 saturated heterocycles. The van der Waals surface area contributed by atoms with Crippen molar-refractivity contribution in [2.45, 2.75) is 46.6 Å². The van der Waals surface area contributed by atoms with Crippen molar-refractivity contribution in [2.75, 3.05) is 0 Å². The zero-order valence-electron chi connectivity index (χ0n) is 15.2. The Kier molecular flexibility index (Phi) is 5.69. The van der Waals surface area contributed by atoms with Gasteiger partial charge in [-0.3, -0.25) is 4.79 Å². The molecule has 0 spiro atoms. The van der Waals surface area contributed by atoms with Crippen LogP contribution in [-0.2, 0) is 16.0 Å². The molecule has 0 bridgehead atoms. The molecule has 0 aliphatic rings. The number of hydrogen-bond donors (Lipinski definition) is 2. The lowest BCUT2D eigenvalue weighted by Gasteiger charge is -2.25. The highest BCUT2D eigenvalue weighted by Gasteiger charge is 2.22. The third-order valence-electron chi connectivity index (χ3n) is 4.62. The molecule has 0 radical (unpaired) electrons. The van der Waals surface area contributed by atoms with E-state index in [1.165, 1.54) is 6.07 Å². The topological polar surface area (TPSA) is 120 Å². The number of carboxylic acid groups (broad SMARTS) is 1. The summed E-state index contributed by atoms with van der Waals surface area (Å²) in [4.78, 5) is 35.8. The number of rotatable bonds is 6. The third kappa shape index (κ3) is 3.87. The molecule has 2 N–H and O–H groups in total. The summed E-state index contributed by atoms with van der Waals surface area (Å²) in [7, 11) is 0. The monoisotopic (exact) mass is 360 g/mol. The van der Waals surface area contributed by atoms with E-state index < -0.39 is 23.5 Å². The van der Waals surface area contributed by atoms with E-state index in [1.807, 2.05) is 0 Å². The zero-order chi connectivity index (χ0) is 19.6. The number of fused-ring (bicyclic) bond motifs is 1. The fourth-order valence-corrected chi connectivity index (χ4v) is 2.92. The molecular weight excluding hydrogens is 338 g/mol. The van der Waals surface area contributed by atoms with Gasteiger partial charge in [0.15, 0.2) is 0 Å². The first kappa shape index (κ1) is 19.5. The number of aliphatic carboxylic acids is 1. The number of phenolic OH excluding ortho intramolecular Hbond substituents is 1. The molecule has 1 aromatic heterocycles. The van der Waals surface area contributed by atoms with Crippen LogP contribution < -0.4 is 16.0 Å². The second kappa shape index (κ2) is 7.59. The van der Waals surface area contributed by atoms with Crippen molar-refractivity contribution in [1.82, 2.24) is 5.32 Å². The Morgan fingerprint density at radius 2 is 1.96 bits per heavy atom. The first-order chi connectivity index (χ1) is 12.1. The Morgan fingerprint density at radius 3 is 2.54 bits per heavy atom. The highest BCUT2D eigenvalue weighted by Crippen LogP contribution is 2.29. The molecule has 0 aliphatic carbocycles. The molecule has 0 saturated carbocycles. The van der Waals surface area contributed by atoms with Crippen molar-refractivity contribution in [1.29, 1.82) is 0 Å². The van der Waals surface area contributed by atoms with Gasteiger partial charge in [-0.25, -0.2) is 4.79 Å². The van der Waals surface area contributed by atoms with Crippen LogP contribution in [0.3, 0.4) is 0 Å². The molecular formula is C19H22NO6-. The predicted molar refractivity (Wildman–Crippen MR) is 93.7 cm³/mol. The van der Waals surface area contributed by atoms with Gasteiger partial charge in [-0.15, -0.1) is 0 Å². The van der Waals surface area contributed by atoms with Crippen LogP contribution in [0.25, 0.3) is 11.0 Å². The van der Waals surface area contributed by atoms with Crippen molar-refractivity contribution in [2.24, 2.45) is 5.92 Å². The van der Waals surface area contributed by atoms with Gasteiger partial charge in [0.05, 0.1) is 29.4 Å². The summed E-state index contributed by atoms with van der Waals surface area (Å²) in [5, 5.41) is 24.1. The SMILES string of the molecule is CC[C@@H](C)[C@H](NC(=O)Cc1c(C)c2c(O)cc(C)cc2oc1=O)C(=O)[O-]. The molecule has 1 amide bonds. The number of carbonyl (C=O) groups is 2. The summed E-state index contributed by atoms with van der Waals surface area (Å²) in [6.45, 7) is 6.86. The molecule has 0 unspecified atom stereocenters. The van der Waals surface area contributed by atoms with Crippen LogP contribution in [0.2, 0.25) is 0 Å². The molecule has 2 atom stereocenters. The fourth-order valence-electron chi connectivity index (χ4n) is 2.92. The van der Waals surface area contributed by atoms with Gasteiger partial charge in [0.1, 0.15) is 11.3 Å². The van der Waals surface area contributed by atoms with Gasteiger partial charge < -0.3 is 24.7 Å². The largest absolute Gasteiger partial charge is 0.548 e. The van der Waals surface area contributed by atoms with Crippen molar-refractivity contribution in [3.63, 3.8) is 0 Å². The molecule has 7 nitrogen and oxygen atoms in total. The number of nitrogens with one attached hydrogen (secondary N) is 1. The van der Waals surface area contributed by atoms with Crippen molar-refractivity contribution < 1.29 is 24.2 Å². The van der Waals surface area contributed by atoms with Crippen LogP contribution in [-0.4, -0.2) is 23.0 Å². The maximum Gasteiger partial charge on any atom is 0.340 e. The second-order valence-corrected chi connectivity index (χ2v) is 6.58. The number of phenols is 1. The Balaban J connectivity index is 2.37. The van der Waals surface area contributed by atoms with Crippen molar-refractivity contribution in [3.05, 3.63) is 39.2 Å². The minimum Gasteiger partial charge on any atom is -0.548 e. The summed E-state index contributed by atoms with van der Waals surface area (Å²) in [6, 6.07) is 2.02. The average Bonchev–Trinajstić information content (AvgIpc) is 2.54. The van der Waals surface area contributed by atoms with Gasteiger partial charge in [0.2, 0.25) is 5.91 Å². The summed E-state index contributed by atoms with van der Waals surface area (Å²) in [5.74, 6) is -2.36. The van der Waals surface area contributed by atoms with E-state index in [4.69, 9.17) is 4.42 Å². The lowest BCUT2D eigenvalue weighted by molar-refractivity contribution is -0.309. The van der Waals surface area contributed by atoms with E-state index in [2.05, 4.69) is 5.32 Å². The van der Waals surface area contributed by atoms with E-state index in [0.29, 0.717) is 17.4 Å². The minimum absolute atomic E-state index is 0.0462. The normalized spacial score (nSPS) is 13.4. The van der Waals surface area contributed by atoms with Gasteiger partial charge in [0.25, 0.3) is 0 Å². The number of benzene rings is 1. The van der Waals surface area contributed by atoms with Crippen molar-refractivity contribution >= 4 is 22.8 Å². The Bertz CT molecular complexity index is 914. The van der Waals surface area contributed by atoms with Crippen LogP contribution in [0, 0.1) is 19.8 Å². The van der Waals surface area contributed by atoms with Crippen molar-refractivity contribution in [3.8, 4) is 5.75 Å². The van der Waals surface area contributed by atoms with Crippen LogP contribution in [0.15, 0.2) is 21.3 Å². The van der Waals surface area contributed by atoms with Gasteiger partial charge in [-0.05, 0) is 43.0 Å².